The van der Waals surface area contributed by atoms with Gasteiger partial charge < -0.3 is 13.9 Å². The molecule has 3 heteroatoms. The molecule has 0 aliphatic heterocycles. The zero-order chi connectivity index (χ0) is 32.1. The number of anilines is 3. The van der Waals surface area contributed by atoms with Gasteiger partial charge in [0.15, 0.2) is 0 Å². The Labute approximate surface area is 282 Å². The molecule has 0 spiro atoms. The quantitative estimate of drug-likeness (QED) is 0.194. The van der Waals surface area contributed by atoms with E-state index in [1.165, 1.54) is 54.8 Å². The van der Waals surface area contributed by atoms with E-state index in [1.807, 2.05) is 12.1 Å². The summed E-state index contributed by atoms with van der Waals surface area (Å²) in [4.78, 5) is 2.42. The van der Waals surface area contributed by atoms with Gasteiger partial charge in [0.25, 0.3) is 0 Å². The number of furan rings is 1. The summed E-state index contributed by atoms with van der Waals surface area (Å²) in [5.74, 6) is 0. The maximum atomic E-state index is 6.27. The molecule has 49 heavy (non-hydrogen) atoms. The Morgan fingerprint density at radius 2 is 1.02 bits per heavy atom. The lowest BCUT2D eigenvalue weighted by Gasteiger charge is -2.28. The highest BCUT2D eigenvalue weighted by Gasteiger charge is 2.28. The second-order valence-electron chi connectivity index (χ2n) is 12.9. The van der Waals surface area contributed by atoms with Gasteiger partial charge in [-0.15, -0.1) is 0 Å². The van der Waals surface area contributed by atoms with Gasteiger partial charge in [0, 0.05) is 49.4 Å². The van der Waals surface area contributed by atoms with Crippen molar-refractivity contribution in [3.8, 4) is 27.9 Å². The number of hydrogen-bond donors (Lipinski definition) is 0. The van der Waals surface area contributed by atoms with E-state index in [2.05, 4.69) is 167 Å². The Kier molecular flexibility index (Phi) is 5.38. The molecular weight excluding hydrogens is 597 g/mol. The minimum absolute atomic E-state index is 0.889. The highest BCUT2D eigenvalue weighted by Crippen LogP contribution is 2.53. The van der Waals surface area contributed by atoms with E-state index in [-0.39, 0.29) is 0 Å². The molecule has 0 unspecified atom stereocenters. The van der Waals surface area contributed by atoms with Crippen molar-refractivity contribution in [3.63, 3.8) is 0 Å². The molecule has 2 aromatic heterocycles. The molecule has 0 N–H and O–H groups in total. The van der Waals surface area contributed by atoms with Crippen LogP contribution in [0, 0.1) is 0 Å². The Hall–Kier alpha value is -6.58. The van der Waals surface area contributed by atoms with Crippen LogP contribution in [-0.4, -0.2) is 4.57 Å². The molecule has 10 aromatic rings. The van der Waals surface area contributed by atoms with E-state index in [0.717, 1.165) is 44.7 Å². The second-order valence-corrected chi connectivity index (χ2v) is 12.9. The van der Waals surface area contributed by atoms with Crippen molar-refractivity contribution in [3.05, 3.63) is 170 Å². The molecule has 2 heterocycles. The van der Waals surface area contributed by atoms with Crippen LogP contribution in [0.25, 0.3) is 82.5 Å². The summed E-state index contributed by atoms with van der Waals surface area (Å²) >= 11 is 0. The largest absolute Gasteiger partial charge is 0.456 e. The second kappa shape index (κ2) is 9.96. The van der Waals surface area contributed by atoms with Crippen molar-refractivity contribution in [2.24, 2.45) is 0 Å². The van der Waals surface area contributed by atoms with E-state index in [4.69, 9.17) is 4.42 Å². The Morgan fingerprint density at radius 3 is 1.84 bits per heavy atom. The van der Waals surface area contributed by atoms with Gasteiger partial charge in [-0.2, -0.15) is 0 Å². The number of para-hydroxylation sites is 3. The molecule has 0 amide bonds. The number of fused-ring (bicyclic) bond motifs is 6. The smallest absolute Gasteiger partial charge is 0.135 e. The van der Waals surface area contributed by atoms with Crippen LogP contribution in [0.5, 0.6) is 0 Å². The van der Waals surface area contributed by atoms with Crippen LogP contribution in [0.15, 0.2) is 174 Å². The molecule has 0 saturated carbocycles. The van der Waals surface area contributed by atoms with E-state index in [9.17, 15) is 0 Å². The molecule has 3 nitrogen and oxygen atoms in total. The van der Waals surface area contributed by atoms with Gasteiger partial charge in [0.05, 0.1) is 16.7 Å². The fraction of sp³-hybridized carbons (Fsp3) is 0. The minimum Gasteiger partial charge on any atom is -0.456 e. The highest BCUT2D eigenvalue weighted by molar-refractivity contribution is 6.32. The van der Waals surface area contributed by atoms with Gasteiger partial charge in [-0.25, -0.2) is 0 Å². The minimum atomic E-state index is 0.889. The monoisotopic (exact) mass is 624 g/mol. The van der Waals surface area contributed by atoms with Gasteiger partial charge in [-0.1, -0.05) is 109 Å². The van der Waals surface area contributed by atoms with Crippen molar-refractivity contribution >= 4 is 71.6 Å². The first-order valence-electron chi connectivity index (χ1n) is 16.8. The van der Waals surface area contributed by atoms with Crippen LogP contribution in [0.1, 0.15) is 0 Å². The normalized spacial score (nSPS) is 12.1. The topological polar surface area (TPSA) is 21.3 Å². The number of benzene rings is 8. The lowest BCUT2D eigenvalue weighted by Crippen LogP contribution is -2.11. The van der Waals surface area contributed by atoms with E-state index in [0.29, 0.717) is 0 Å². The van der Waals surface area contributed by atoms with Crippen molar-refractivity contribution < 1.29 is 4.42 Å². The van der Waals surface area contributed by atoms with E-state index >= 15 is 0 Å². The summed E-state index contributed by atoms with van der Waals surface area (Å²) in [6.45, 7) is 0. The van der Waals surface area contributed by atoms with Crippen LogP contribution < -0.4 is 4.90 Å². The fourth-order valence-corrected chi connectivity index (χ4v) is 8.29. The molecule has 1 aliphatic carbocycles. The van der Waals surface area contributed by atoms with Crippen LogP contribution in [0.4, 0.5) is 17.1 Å². The average molecular weight is 625 g/mol. The van der Waals surface area contributed by atoms with Crippen molar-refractivity contribution in [1.82, 2.24) is 4.57 Å². The van der Waals surface area contributed by atoms with Gasteiger partial charge in [-0.3, -0.25) is 0 Å². The fourth-order valence-electron chi connectivity index (χ4n) is 8.29. The molecule has 0 fully saturated rings. The van der Waals surface area contributed by atoms with Crippen LogP contribution in [-0.2, 0) is 0 Å². The molecule has 228 valence electrons. The molecule has 11 rings (SSSR count). The zero-order valence-electron chi connectivity index (χ0n) is 26.5. The standard InChI is InChI=1S/C46H28N2O/c1-3-13-29(14-4-1)47(31-25-26-43-38(27-31)34-19-9-10-24-42(34)49-43)40-28-41-46-44-35(20-11-22-37(40)44)32-17-7-8-18-33(32)36-21-12-23-39(45(36)46)48(41)30-15-5-2-6-16-30/h1-28H. The molecule has 0 radical (unpaired) electrons. The SMILES string of the molecule is c1ccc(N(c2ccc3oc4ccccc4c3c2)c2cc3c4c5c(cccc25)-c2ccccc2-c2cccc(c24)n3-c2ccccc2)cc1. The highest BCUT2D eigenvalue weighted by atomic mass is 16.3. The maximum absolute atomic E-state index is 6.27. The van der Waals surface area contributed by atoms with Crippen molar-refractivity contribution in [2.75, 3.05) is 4.90 Å². The predicted molar refractivity (Wildman–Crippen MR) is 205 cm³/mol. The molecule has 0 bridgehead atoms. The van der Waals surface area contributed by atoms with Gasteiger partial charge in [-0.05, 0) is 82.9 Å². The maximum Gasteiger partial charge on any atom is 0.135 e. The van der Waals surface area contributed by atoms with Crippen LogP contribution in [0.3, 0.4) is 0 Å². The number of aromatic nitrogens is 1. The molecule has 0 saturated heterocycles. The number of rotatable bonds is 4. The first-order valence-corrected chi connectivity index (χ1v) is 16.8. The number of hydrogen-bond acceptors (Lipinski definition) is 2. The molecule has 0 atom stereocenters. The van der Waals surface area contributed by atoms with E-state index < -0.39 is 0 Å². The third-order valence-corrected chi connectivity index (χ3v) is 10.3. The summed E-state index contributed by atoms with van der Waals surface area (Å²) in [5.41, 5.74) is 13.7. The summed E-state index contributed by atoms with van der Waals surface area (Å²) in [5, 5.41) is 7.31. The summed E-state index contributed by atoms with van der Waals surface area (Å²) in [6, 6.07) is 61.3. The van der Waals surface area contributed by atoms with E-state index in [1.54, 1.807) is 0 Å². The van der Waals surface area contributed by atoms with Crippen LogP contribution in [0.2, 0.25) is 0 Å². The lowest BCUT2D eigenvalue weighted by molar-refractivity contribution is 0.669. The summed E-state index contributed by atoms with van der Waals surface area (Å²) < 4.78 is 8.73. The average Bonchev–Trinajstić information content (AvgIpc) is 3.67. The van der Waals surface area contributed by atoms with Gasteiger partial charge in [0.1, 0.15) is 11.2 Å². The number of nitrogens with zero attached hydrogens (tertiary/aromatic N) is 2. The molecule has 8 aromatic carbocycles. The van der Waals surface area contributed by atoms with Gasteiger partial charge >= 0.3 is 0 Å². The lowest BCUT2D eigenvalue weighted by atomic mass is 9.92. The predicted octanol–water partition coefficient (Wildman–Crippen LogP) is 13.0. The summed E-state index contributed by atoms with van der Waals surface area (Å²) in [6.07, 6.45) is 0. The third kappa shape index (κ3) is 3.67. The molecule has 1 aliphatic rings. The summed E-state index contributed by atoms with van der Waals surface area (Å²) in [7, 11) is 0. The Balaban J connectivity index is 1.33. The van der Waals surface area contributed by atoms with Crippen molar-refractivity contribution in [2.45, 2.75) is 0 Å². The zero-order valence-corrected chi connectivity index (χ0v) is 26.5. The Morgan fingerprint density at radius 1 is 0.388 bits per heavy atom. The first-order chi connectivity index (χ1) is 24.3. The Bertz CT molecular complexity index is 2930. The first kappa shape index (κ1) is 26.5. The van der Waals surface area contributed by atoms with Gasteiger partial charge in [0.2, 0.25) is 0 Å². The molecular formula is C46H28N2O. The van der Waals surface area contributed by atoms with Crippen LogP contribution >= 0.6 is 0 Å². The van der Waals surface area contributed by atoms with Crippen molar-refractivity contribution in [1.29, 1.82) is 0 Å². The third-order valence-electron chi connectivity index (χ3n) is 10.3.